The van der Waals surface area contributed by atoms with Crippen LogP contribution < -0.4 is 10.5 Å². The lowest BCUT2D eigenvalue weighted by Crippen LogP contribution is -2.32. The Hall–Kier alpha value is -1.52. The Morgan fingerprint density at radius 1 is 1.18 bits per heavy atom. The number of hydrogen-bond donors (Lipinski definition) is 0. The lowest BCUT2D eigenvalue weighted by molar-refractivity contribution is 0.545. The molecule has 1 saturated heterocycles. The van der Waals surface area contributed by atoms with E-state index in [4.69, 9.17) is 23.2 Å². The van der Waals surface area contributed by atoms with Crippen molar-refractivity contribution < 1.29 is 0 Å². The lowest BCUT2D eigenvalue weighted by Gasteiger charge is -2.26. The zero-order valence-electron chi connectivity index (χ0n) is 12.5. The molecular weight excluding hydrogens is 321 g/mol. The molecule has 2 heterocycles. The van der Waals surface area contributed by atoms with Crippen LogP contribution in [0.25, 0.3) is 5.69 Å². The predicted octanol–water partition coefficient (Wildman–Crippen LogP) is 3.77. The summed E-state index contributed by atoms with van der Waals surface area (Å²) < 4.78 is 1.30. The van der Waals surface area contributed by atoms with Crippen molar-refractivity contribution in [3.05, 3.63) is 50.9 Å². The van der Waals surface area contributed by atoms with Crippen molar-refractivity contribution in [3.8, 4) is 5.69 Å². The molecule has 1 aromatic heterocycles. The fraction of sp³-hybridized carbons (Fsp3) is 0.375. The van der Waals surface area contributed by atoms with E-state index < -0.39 is 0 Å². The Morgan fingerprint density at radius 3 is 2.45 bits per heavy atom. The topological polar surface area (TPSA) is 38.1 Å². The maximum atomic E-state index is 12.5. The molecule has 116 valence electrons. The minimum absolute atomic E-state index is 0.214. The first-order chi connectivity index (χ1) is 10.5. The van der Waals surface area contributed by atoms with Crippen LogP contribution in [0.2, 0.25) is 10.0 Å². The summed E-state index contributed by atoms with van der Waals surface area (Å²) in [4.78, 5) is 14.7. The van der Waals surface area contributed by atoms with Crippen molar-refractivity contribution >= 4 is 28.9 Å². The summed E-state index contributed by atoms with van der Waals surface area (Å²) in [6.07, 6.45) is 2.77. The third-order valence-electron chi connectivity index (χ3n) is 4.42. The molecule has 6 heteroatoms. The van der Waals surface area contributed by atoms with Gasteiger partial charge >= 0.3 is 0 Å². The van der Waals surface area contributed by atoms with E-state index in [0.717, 1.165) is 13.0 Å². The molecule has 0 aliphatic carbocycles. The Morgan fingerprint density at radius 2 is 1.86 bits per heavy atom. The van der Waals surface area contributed by atoms with Crippen LogP contribution in [-0.2, 0) is 0 Å². The zero-order chi connectivity index (χ0) is 15.9. The first-order valence-electron chi connectivity index (χ1n) is 7.29. The van der Waals surface area contributed by atoms with E-state index in [1.54, 1.807) is 30.5 Å². The summed E-state index contributed by atoms with van der Waals surface area (Å²) >= 11 is 12.2. The van der Waals surface area contributed by atoms with E-state index in [1.807, 2.05) is 0 Å². The molecule has 2 atom stereocenters. The molecule has 22 heavy (non-hydrogen) atoms. The quantitative estimate of drug-likeness (QED) is 0.837. The second-order valence-corrected chi connectivity index (χ2v) is 6.55. The van der Waals surface area contributed by atoms with Crippen molar-refractivity contribution in [2.24, 2.45) is 5.92 Å². The number of aromatic nitrogens is 2. The Labute approximate surface area is 139 Å². The first kappa shape index (κ1) is 15.4. The summed E-state index contributed by atoms with van der Waals surface area (Å²) in [5.41, 5.74) is 1.05. The van der Waals surface area contributed by atoms with Crippen LogP contribution >= 0.6 is 23.2 Å². The average molecular weight is 338 g/mol. The average Bonchev–Trinajstić information content (AvgIpc) is 2.83. The molecule has 0 spiro atoms. The van der Waals surface area contributed by atoms with Crippen LogP contribution in [0, 0.1) is 5.92 Å². The number of rotatable bonds is 2. The number of anilines is 1. The molecule has 1 aliphatic heterocycles. The molecular formula is C16H17Cl2N3O. The Kier molecular flexibility index (Phi) is 4.15. The number of benzene rings is 1. The third-order valence-corrected chi connectivity index (χ3v) is 5.03. The van der Waals surface area contributed by atoms with E-state index in [9.17, 15) is 4.79 Å². The summed E-state index contributed by atoms with van der Waals surface area (Å²) in [5, 5.41) is 5.10. The van der Waals surface area contributed by atoms with Gasteiger partial charge in [-0.2, -0.15) is 9.78 Å². The van der Waals surface area contributed by atoms with E-state index in [0.29, 0.717) is 28.4 Å². The molecule has 3 rings (SSSR count). The highest BCUT2D eigenvalue weighted by atomic mass is 35.5. The van der Waals surface area contributed by atoms with Crippen molar-refractivity contribution in [2.75, 3.05) is 11.4 Å². The van der Waals surface area contributed by atoms with Gasteiger partial charge in [-0.3, -0.25) is 4.79 Å². The largest absolute Gasteiger partial charge is 0.366 e. The highest BCUT2D eigenvalue weighted by Gasteiger charge is 2.29. The van der Waals surface area contributed by atoms with E-state index >= 15 is 0 Å². The molecule has 1 fully saturated rings. The third kappa shape index (κ3) is 2.61. The molecule has 0 bridgehead atoms. The Balaban J connectivity index is 2.02. The van der Waals surface area contributed by atoms with Crippen LogP contribution in [0.1, 0.15) is 20.3 Å². The van der Waals surface area contributed by atoms with Gasteiger partial charge in [-0.05, 0) is 43.5 Å². The monoisotopic (exact) mass is 337 g/mol. The highest BCUT2D eigenvalue weighted by molar-refractivity contribution is 6.33. The smallest absolute Gasteiger partial charge is 0.292 e. The van der Waals surface area contributed by atoms with Gasteiger partial charge in [0.05, 0.1) is 17.6 Å². The number of nitrogens with zero attached hydrogens (tertiary/aromatic N) is 3. The highest BCUT2D eigenvalue weighted by Crippen LogP contribution is 2.32. The predicted molar refractivity (Wildman–Crippen MR) is 90.4 cm³/mol. The second-order valence-electron chi connectivity index (χ2n) is 5.74. The lowest BCUT2D eigenvalue weighted by atomic mass is 10.1. The van der Waals surface area contributed by atoms with Gasteiger partial charge in [0.25, 0.3) is 5.56 Å². The molecule has 1 aliphatic rings. The molecule has 0 radical (unpaired) electrons. The molecule has 2 unspecified atom stereocenters. The fourth-order valence-electron chi connectivity index (χ4n) is 2.83. The molecule has 2 aromatic rings. The van der Waals surface area contributed by atoms with Gasteiger partial charge in [-0.25, -0.2) is 0 Å². The fourth-order valence-corrected chi connectivity index (χ4v) is 3.19. The minimum atomic E-state index is -0.312. The standard InChI is InChI=1S/C16H17Cl2N3O/c1-10-7-8-20(11(10)2)14-9-19-21(16(22)15(14)18)13-5-3-12(17)4-6-13/h3-6,9-11H,7-8H2,1-2H3. The maximum Gasteiger partial charge on any atom is 0.292 e. The van der Waals surface area contributed by atoms with Gasteiger partial charge in [0.2, 0.25) is 0 Å². The Bertz CT molecular complexity index is 742. The van der Waals surface area contributed by atoms with Gasteiger partial charge in [0.15, 0.2) is 0 Å². The van der Waals surface area contributed by atoms with Crippen LogP contribution in [-0.4, -0.2) is 22.4 Å². The van der Waals surface area contributed by atoms with Gasteiger partial charge in [0.1, 0.15) is 5.02 Å². The van der Waals surface area contributed by atoms with Gasteiger partial charge in [-0.15, -0.1) is 0 Å². The van der Waals surface area contributed by atoms with Crippen molar-refractivity contribution in [1.29, 1.82) is 0 Å². The van der Waals surface area contributed by atoms with Crippen LogP contribution in [0.15, 0.2) is 35.3 Å². The molecule has 0 amide bonds. The molecule has 0 N–H and O–H groups in total. The summed E-state index contributed by atoms with van der Waals surface area (Å²) in [7, 11) is 0. The van der Waals surface area contributed by atoms with Gasteiger partial charge in [0, 0.05) is 17.6 Å². The first-order valence-corrected chi connectivity index (χ1v) is 8.05. The van der Waals surface area contributed by atoms with Gasteiger partial charge in [-0.1, -0.05) is 30.1 Å². The molecule has 0 saturated carbocycles. The number of halogens is 2. The van der Waals surface area contributed by atoms with Crippen LogP contribution in [0.4, 0.5) is 5.69 Å². The van der Waals surface area contributed by atoms with E-state index in [2.05, 4.69) is 23.8 Å². The zero-order valence-corrected chi connectivity index (χ0v) is 14.0. The van der Waals surface area contributed by atoms with Crippen molar-refractivity contribution in [1.82, 2.24) is 9.78 Å². The van der Waals surface area contributed by atoms with Crippen LogP contribution in [0.3, 0.4) is 0 Å². The van der Waals surface area contributed by atoms with Crippen molar-refractivity contribution in [2.45, 2.75) is 26.3 Å². The number of hydrogen-bond acceptors (Lipinski definition) is 3. The minimum Gasteiger partial charge on any atom is -0.366 e. The van der Waals surface area contributed by atoms with Crippen LogP contribution in [0.5, 0.6) is 0 Å². The summed E-state index contributed by atoms with van der Waals surface area (Å²) in [5.74, 6) is 0.578. The summed E-state index contributed by atoms with van der Waals surface area (Å²) in [6.45, 7) is 5.26. The van der Waals surface area contributed by atoms with Gasteiger partial charge < -0.3 is 4.90 Å². The normalized spacial score (nSPS) is 21.4. The molecule has 1 aromatic carbocycles. The maximum absolute atomic E-state index is 12.5. The second kappa shape index (κ2) is 5.94. The molecule has 4 nitrogen and oxygen atoms in total. The van der Waals surface area contributed by atoms with E-state index in [-0.39, 0.29) is 10.6 Å². The van der Waals surface area contributed by atoms with Crippen molar-refractivity contribution in [3.63, 3.8) is 0 Å². The van der Waals surface area contributed by atoms with E-state index in [1.165, 1.54) is 4.68 Å². The summed E-state index contributed by atoms with van der Waals surface area (Å²) in [6, 6.07) is 7.28. The SMILES string of the molecule is CC1CCN(c2cnn(-c3ccc(Cl)cc3)c(=O)c2Cl)C1C.